The predicted octanol–water partition coefficient (Wildman–Crippen LogP) is 4.55. The Kier molecular flexibility index (Phi) is 4.70. The summed E-state index contributed by atoms with van der Waals surface area (Å²) in [6, 6.07) is 18.0. The van der Waals surface area contributed by atoms with E-state index in [1.165, 1.54) is 12.0 Å². The zero-order valence-corrected chi connectivity index (χ0v) is 16.6. The average Bonchev–Trinajstić information content (AvgIpc) is 3.04. The van der Waals surface area contributed by atoms with E-state index in [1.807, 2.05) is 42.5 Å². The maximum Gasteiger partial charge on any atom is 0.278 e. The van der Waals surface area contributed by atoms with Crippen LogP contribution in [0.4, 0.5) is 5.69 Å². The van der Waals surface area contributed by atoms with Gasteiger partial charge in [0.15, 0.2) is 0 Å². The number of carbonyl (C=O) groups is 2. The second-order valence-electron chi connectivity index (χ2n) is 8.25. The molecule has 0 radical (unpaired) electrons. The third-order valence-corrected chi connectivity index (χ3v) is 6.47. The van der Waals surface area contributed by atoms with Gasteiger partial charge in [0, 0.05) is 18.3 Å². The largest absolute Gasteiger partial charge is 0.336 e. The number of fused-ring (bicyclic) bond motifs is 1. The number of carbonyl (C=O) groups excluding carboxylic acids is 2. The number of amides is 2. The standard InChI is InChI=1S/C25H26N2O2/c28-24-22(19-11-3-1-4-12-19)23(25(29)27(24)20-14-5-2-6-15-20)26-17-9-13-18-10-7-8-16-21(18)26/h1,3-4,7-8,10-12,16,20H,2,5-6,9,13-15,17H2. The minimum absolute atomic E-state index is 0.0278. The molecule has 1 fully saturated rings. The number of anilines is 1. The molecule has 148 valence electrons. The third-order valence-electron chi connectivity index (χ3n) is 6.47. The van der Waals surface area contributed by atoms with Gasteiger partial charge in [-0.15, -0.1) is 0 Å². The Morgan fingerprint density at radius 3 is 2.28 bits per heavy atom. The number of para-hydroxylation sites is 1. The van der Waals surface area contributed by atoms with E-state index in [-0.39, 0.29) is 17.9 Å². The number of imide groups is 1. The highest BCUT2D eigenvalue weighted by molar-refractivity contribution is 6.37. The molecule has 0 N–H and O–H groups in total. The zero-order chi connectivity index (χ0) is 19.8. The molecule has 2 heterocycles. The number of benzene rings is 2. The fraction of sp³-hybridized carbons (Fsp3) is 0.360. The average molecular weight is 386 g/mol. The van der Waals surface area contributed by atoms with Gasteiger partial charge in [-0.1, -0.05) is 67.8 Å². The van der Waals surface area contributed by atoms with Crippen molar-refractivity contribution >= 4 is 23.1 Å². The molecule has 2 amide bonds. The first-order valence-electron chi connectivity index (χ1n) is 10.8. The monoisotopic (exact) mass is 386 g/mol. The Labute approximate surface area is 171 Å². The Morgan fingerprint density at radius 2 is 1.48 bits per heavy atom. The van der Waals surface area contributed by atoms with Gasteiger partial charge in [0.25, 0.3) is 11.8 Å². The van der Waals surface area contributed by atoms with Crippen LogP contribution in [0.1, 0.15) is 49.7 Å². The lowest BCUT2D eigenvalue weighted by atomic mass is 9.94. The first kappa shape index (κ1) is 18.2. The van der Waals surface area contributed by atoms with E-state index < -0.39 is 0 Å². The van der Waals surface area contributed by atoms with Gasteiger partial charge in [-0.25, -0.2) is 0 Å². The van der Waals surface area contributed by atoms with Crippen LogP contribution in [0.2, 0.25) is 0 Å². The highest BCUT2D eigenvalue weighted by atomic mass is 16.2. The summed E-state index contributed by atoms with van der Waals surface area (Å²) in [5, 5.41) is 0. The summed E-state index contributed by atoms with van der Waals surface area (Å²) in [5.74, 6) is -0.233. The lowest BCUT2D eigenvalue weighted by molar-refractivity contribution is -0.140. The van der Waals surface area contributed by atoms with E-state index in [1.54, 1.807) is 4.90 Å². The first-order valence-corrected chi connectivity index (χ1v) is 10.8. The van der Waals surface area contributed by atoms with Crippen molar-refractivity contribution in [3.8, 4) is 0 Å². The van der Waals surface area contributed by atoms with Crippen LogP contribution in [0.5, 0.6) is 0 Å². The molecule has 4 nitrogen and oxygen atoms in total. The van der Waals surface area contributed by atoms with Gasteiger partial charge in [0.05, 0.1) is 5.57 Å². The lowest BCUT2D eigenvalue weighted by Crippen LogP contribution is -2.44. The number of nitrogens with zero attached hydrogens (tertiary/aromatic N) is 2. The molecule has 2 aromatic carbocycles. The second-order valence-corrected chi connectivity index (χ2v) is 8.25. The van der Waals surface area contributed by atoms with Crippen molar-refractivity contribution < 1.29 is 9.59 Å². The molecule has 29 heavy (non-hydrogen) atoms. The Bertz CT molecular complexity index is 973. The molecular weight excluding hydrogens is 360 g/mol. The molecule has 0 atom stereocenters. The summed E-state index contributed by atoms with van der Waals surface area (Å²) in [4.78, 5) is 31.0. The van der Waals surface area contributed by atoms with Crippen molar-refractivity contribution in [3.63, 3.8) is 0 Å². The number of rotatable bonds is 3. The van der Waals surface area contributed by atoms with Crippen LogP contribution in [0.15, 0.2) is 60.3 Å². The lowest BCUT2D eigenvalue weighted by Gasteiger charge is -2.33. The smallest absolute Gasteiger partial charge is 0.278 e. The molecule has 0 unspecified atom stereocenters. The van der Waals surface area contributed by atoms with Crippen molar-refractivity contribution in [3.05, 3.63) is 71.4 Å². The SMILES string of the molecule is O=C1C(c2ccccc2)=C(N2CCCc3ccccc32)C(=O)N1C1CCCCC1. The van der Waals surface area contributed by atoms with Crippen molar-refractivity contribution in [1.29, 1.82) is 0 Å². The minimum Gasteiger partial charge on any atom is -0.336 e. The highest BCUT2D eigenvalue weighted by Crippen LogP contribution is 2.40. The molecule has 0 spiro atoms. The van der Waals surface area contributed by atoms with Crippen LogP contribution >= 0.6 is 0 Å². The Balaban J connectivity index is 1.64. The molecule has 1 saturated carbocycles. The van der Waals surface area contributed by atoms with E-state index in [0.717, 1.165) is 56.3 Å². The van der Waals surface area contributed by atoms with Gasteiger partial charge in [0.2, 0.25) is 0 Å². The van der Waals surface area contributed by atoms with Crippen LogP contribution in [0.3, 0.4) is 0 Å². The second kappa shape index (κ2) is 7.51. The molecule has 2 aromatic rings. The summed E-state index contributed by atoms with van der Waals surface area (Å²) >= 11 is 0. The van der Waals surface area contributed by atoms with Crippen LogP contribution in [-0.2, 0) is 16.0 Å². The van der Waals surface area contributed by atoms with Gasteiger partial charge in [0.1, 0.15) is 5.70 Å². The van der Waals surface area contributed by atoms with Crippen LogP contribution < -0.4 is 4.90 Å². The van der Waals surface area contributed by atoms with Crippen molar-refractivity contribution in [1.82, 2.24) is 4.90 Å². The number of aryl methyl sites for hydroxylation is 1. The third kappa shape index (κ3) is 3.07. The normalized spacial score (nSPS) is 20.4. The molecule has 3 aliphatic rings. The van der Waals surface area contributed by atoms with E-state index in [0.29, 0.717) is 11.3 Å². The van der Waals surface area contributed by atoms with Crippen LogP contribution in [-0.4, -0.2) is 29.3 Å². The summed E-state index contributed by atoms with van der Waals surface area (Å²) < 4.78 is 0. The summed E-state index contributed by atoms with van der Waals surface area (Å²) in [6.07, 6.45) is 7.20. The summed E-state index contributed by atoms with van der Waals surface area (Å²) in [6.45, 7) is 0.764. The Hall–Kier alpha value is -2.88. The van der Waals surface area contributed by atoms with Gasteiger partial charge >= 0.3 is 0 Å². The fourth-order valence-electron chi connectivity index (χ4n) is 5.09. The molecule has 1 aliphatic carbocycles. The van der Waals surface area contributed by atoms with Crippen LogP contribution in [0.25, 0.3) is 5.57 Å². The van der Waals surface area contributed by atoms with Gasteiger partial charge in [-0.05, 0) is 42.9 Å². The topological polar surface area (TPSA) is 40.6 Å². The van der Waals surface area contributed by atoms with Crippen molar-refractivity contribution in [2.75, 3.05) is 11.4 Å². The zero-order valence-electron chi connectivity index (χ0n) is 16.6. The summed E-state index contributed by atoms with van der Waals surface area (Å²) in [5.41, 5.74) is 4.28. The van der Waals surface area contributed by atoms with Crippen molar-refractivity contribution in [2.24, 2.45) is 0 Å². The quantitative estimate of drug-likeness (QED) is 0.727. The predicted molar refractivity (Wildman–Crippen MR) is 114 cm³/mol. The fourth-order valence-corrected chi connectivity index (χ4v) is 5.09. The van der Waals surface area contributed by atoms with Gasteiger partial charge in [-0.2, -0.15) is 0 Å². The van der Waals surface area contributed by atoms with Crippen molar-refractivity contribution in [2.45, 2.75) is 51.0 Å². The highest BCUT2D eigenvalue weighted by Gasteiger charge is 2.45. The molecule has 0 bridgehead atoms. The first-order chi connectivity index (χ1) is 14.3. The van der Waals surface area contributed by atoms with Crippen LogP contribution in [0, 0.1) is 0 Å². The van der Waals surface area contributed by atoms with E-state index in [2.05, 4.69) is 17.0 Å². The van der Waals surface area contributed by atoms with E-state index in [4.69, 9.17) is 0 Å². The molecule has 2 aliphatic heterocycles. The van der Waals surface area contributed by atoms with Gasteiger partial charge in [-0.3, -0.25) is 14.5 Å². The van der Waals surface area contributed by atoms with E-state index in [9.17, 15) is 9.59 Å². The Morgan fingerprint density at radius 1 is 0.759 bits per heavy atom. The number of hydrogen-bond acceptors (Lipinski definition) is 3. The molecule has 0 saturated heterocycles. The van der Waals surface area contributed by atoms with Gasteiger partial charge < -0.3 is 4.90 Å². The minimum atomic E-state index is -0.119. The molecule has 4 heteroatoms. The van der Waals surface area contributed by atoms with E-state index >= 15 is 0 Å². The maximum absolute atomic E-state index is 13.7. The molecular formula is C25H26N2O2. The molecule has 5 rings (SSSR count). The summed E-state index contributed by atoms with van der Waals surface area (Å²) in [7, 11) is 0. The molecule has 0 aromatic heterocycles. The number of hydrogen-bond donors (Lipinski definition) is 0. The maximum atomic E-state index is 13.7.